The van der Waals surface area contributed by atoms with E-state index in [2.05, 4.69) is 0 Å². The van der Waals surface area contributed by atoms with Crippen LogP contribution in [0.4, 0.5) is 4.39 Å². The fourth-order valence-corrected chi connectivity index (χ4v) is 3.38. The predicted octanol–water partition coefficient (Wildman–Crippen LogP) is 3.56. The molecular formula is C20H22FNO3. The molecular weight excluding hydrogens is 321 g/mol. The van der Waals surface area contributed by atoms with Crippen LogP contribution >= 0.6 is 0 Å². The zero-order chi connectivity index (χ0) is 17.8. The lowest BCUT2D eigenvalue weighted by molar-refractivity contribution is 0.0666. The topological polar surface area (TPSA) is 49.8 Å². The van der Waals surface area contributed by atoms with Crippen LogP contribution in [-0.2, 0) is 0 Å². The van der Waals surface area contributed by atoms with Gasteiger partial charge in [-0.2, -0.15) is 0 Å². The summed E-state index contributed by atoms with van der Waals surface area (Å²) in [6, 6.07) is 13.6. The van der Waals surface area contributed by atoms with Gasteiger partial charge in [-0.25, -0.2) is 4.39 Å². The highest BCUT2D eigenvalue weighted by molar-refractivity contribution is 5.94. The Labute approximate surface area is 146 Å². The summed E-state index contributed by atoms with van der Waals surface area (Å²) in [5.41, 5.74) is 1.15. The van der Waals surface area contributed by atoms with Crippen molar-refractivity contribution in [2.75, 3.05) is 13.7 Å². The molecule has 1 saturated heterocycles. The Hall–Kier alpha value is -2.40. The van der Waals surface area contributed by atoms with Gasteiger partial charge in [0.05, 0.1) is 13.2 Å². The summed E-state index contributed by atoms with van der Waals surface area (Å²) in [5, 5.41) is 10.4. The van der Waals surface area contributed by atoms with E-state index in [1.807, 2.05) is 30.3 Å². The number of aliphatic hydroxyl groups excluding tert-OH is 1. The Balaban J connectivity index is 1.72. The first-order chi connectivity index (χ1) is 12.1. The molecule has 1 N–H and O–H groups in total. The lowest BCUT2D eigenvalue weighted by Crippen LogP contribution is -2.36. The van der Waals surface area contributed by atoms with Crippen molar-refractivity contribution in [3.8, 4) is 5.75 Å². The van der Waals surface area contributed by atoms with Gasteiger partial charge in [-0.1, -0.05) is 30.3 Å². The van der Waals surface area contributed by atoms with Crippen molar-refractivity contribution in [1.82, 2.24) is 4.90 Å². The van der Waals surface area contributed by atoms with Crippen molar-refractivity contribution in [2.24, 2.45) is 0 Å². The van der Waals surface area contributed by atoms with Crippen molar-refractivity contribution >= 4 is 5.91 Å². The standard InChI is InChI=1S/C20H22FNO3/c1-25-19-10-9-15(12-17(19)21)20(24)22-11-5-8-16(22)13-18(23)14-6-3-2-4-7-14/h2-4,6-7,9-10,12,16,18,23H,5,8,11,13H2,1H3. The highest BCUT2D eigenvalue weighted by atomic mass is 19.1. The Morgan fingerprint density at radius 3 is 2.76 bits per heavy atom. The van der Waals surface area contributed by atoms with Gasteiger partial charge < -0.3 is 14.7 Å². The van der Waals surface area contributed by atoms with Crippen LogP contribution < -0.4 is 4.74 Å². The summed E-state index contributed by atoms with van der Waals surface area (Å²) < 4.78 is 18.8. The minimum Gasteiger partial charge on any atom is -0.494 e. The molecule has 132 valence electrons. The maximum absolute atomic E-state index is 13.9. The molecule has 0 spiro atoms. The van der Waals surface area contributed by atoms with E-state index in [0.29, 0.717) is 18.5 Å². The fraction of sp³-hybridized carbons (Fsp3) is 0.350. The van der Waals surface area contributed by atoms with Crippen molar-refractivity contribution in [3.63, 3.8) is 0 Å². The Bertz CT molecular complexity index is 735. The second-order valence-electron chi connectivity index (χ2n) is 6.31. The number of ether oxygens (including phenoxy) is 1. The minimum absolute atomic E-state index is 0.0483. The zero-order valence-corrected chi connectivity index (χ0v) is 14.2. The van der Waals surface area contributed by atoms with Gasteiger partial charge in [-0.15, -0.1) is 0 Å². The number of hydrogen-bond donors (Lipinski definition) is 1. The summed E-state index contributed by atoms with van der Waals surface area (Å²) in [7, 11) is 1.39. The molecule has 1 aliphatic heterocycles. The number of likely N-dealkylation sites (tertiary alicyclic amines) is 1. The fourth-order valence-electron chi connectivity index (χ4n) is 3.38. The first-order valence-corrected chi connectivity index (χ1v) is 8.47. The van der Waals surface area contributed by atoms with Gasteiger partial charge in [0.2, 0.25) is 0 Å². The third-order valence-corrected chi connectivity index (χ3v) is 4.72. The third-order valence-electron chi connectivity index (χ3n) is 4.72. The number of carbonyl (C=O) groups excluding carboxylic acids is 1. The van der Waals surface area contributed by atoms with Crippen LogP contribution in [0.3, 0.4) is 0 Å². The molecule has 1 heterocycles. The Kier molecular flexibility index (Phi) is 5.34. The first kappa shape index (κ1) is 17.4. The molecule has 1 fully saturated rings. The molecule has 0 aromatic heterocycles. The van der Waals surface area contributed by atoms with Crippen LogP contribution in [0, 0.1) is 5.82 Å². The third kappa shape index (κ3) is 3.82. The smallest absolute Gasteiger partial charge is 0.254 e. The van der Waals surface area contributed by atoms with Crippen LogP contribution in [0.1, 0.15) is 41.3 Å². The van der Waals surface area contributed by atoms with Crippen LogP contribution in [0.15, 0.2) is 48.5 Å². The second-order valence-corrected chi connectivity index (χ2v) is 6.31. The molecule has 0 saturated carbocycles. The van der Waals surface area contributed by atoms with Gasteiger partial charge in [0, 0.05) is 18.2 Å². The summed E-state index contributed by atoms with van der Waals surface area (Å²) in [5.74, 6) is -0.633. The highest BCUT2D eigenvalue weighted by Gasteiger charge is 2.31. The lowest BCUT2D eigenvalue weighted by atomic mass is 10.00. The van der Waals surface area contributed by atoms with Gasteiger partial charge in [0.15, 0.2) is 11.6 Å². The summed E-state index contributed by atoms with van der Waals surface area (Å²) in [6.07, 6.45) is 1.59. The monoisotopic (exact) mass is 343 g/mol. The van der Waals surface area contributed by atoms with Crippen LogP contribution in [0.2, 0.25) is 0 Å². The highest BCUT2D eigenvalue weighted by Crippen LogP contribution is 2.29. The molecule has 25 heavy (non-hydrogen) atoms. The summed E-state index contributed by atoms with van der Waals surface area (Å²) in [4.78, 5) is 14.5. The normalized spacial score (nSPS) is 18.2. The van der Waals surface area contributed by atoms with E-state index in [-0.39, 0.29) is 17.7 Å². The molecule has 2 aromatic rings. The number of carbonyl (C=O) groups is 1. The number of rotatable bonds is 5. The quantitative estimate of drug-likeness (QED) is 0.903. The molecule has 4 nitrogen and oxygen atoms in total. The van der Waals surface area contributed by atoms with E-state index in [9.17, 15) is 14.3 Å². The maximum Gasteiger partial charge on any atom is 0.254 e. The van der Waals surface area contributed by atoms with E-state index in [1.54, 1.807) is 11.0 Å². The Morgan fingerprint density at radius 2 is 2.08 bits per heavy atom. The second kappa shape index (κ2) is 7.66. The van der Waals surface area contributed by atoms with Gasteiger partial charge in [0.1, 0.15) is 0 Å². The number of halogens is 1. The number of benzene rings is 2. The number of aliphatic hydroxyl groups is 1. The van der Waals surface area contributed by atoms with Crippen molar-refractivity contribution in [3.05, 3.63) is 65.5 Å². The minimum atomic E-state index is -0.618. The van der Waals surface area contributed by atoms with Gasteiger partial charge in [-0.3, -0.25) is 4.79 Å². The van der Waals surface area contributed by atoms with Gasteiger partial charge >= 0.3 is 0 Å². The number of nitrogens with zero attached hydrogens (tertiary/aromatic N) is 1. The van der Waals surface area contributed by atoms with Crippen LogP contribution in [0.5, 0.6) is 5.75 Å². The first-order valence-electron chi connectivity index (χ1n) is 8.47. The van der Waals surface area contributed by atoms with E-state index < -0.39 is 11.9 Å². The van der Waals surface area contributed by atoms with Crippen molar-refractivity contribution in [1.29, 1.82) is 0 Å². The molecule has 2 atom stereocenters. The Morgan fingerprint density at radius 1 is 1.32 bits per heavy atom. The average molecular weight is 343 g/mol. The van der Waals surface area contributed by atoms with E-state index in [1.165, 1.54) is 19.2 Å². The summed E-state index contributed by atoms with van der Waals surface area (Å²) in [6.45, 7) is 0.624. The molecule has 3 rings (SSSR count). The molecule has 1 amide bonds. The molecule has 2 aromatic carbocycles. The van der Waals surface area contributed by atoms with Gasteiger partial charge in [-0.05, 0) is 43.0 Å². The van der Waals surface area contributed by atoms with Crippen LogP contribution in [0.25, 0.3) is 0 Å². The number of amides is 1. The van der Waals surface area contributed by atoms with E-state index >= 15 is 0 Å². The molecule has 0 bridgehead atoms. The summed E-state index contributed by atoms with van der Waals surface area (Å²) >= 11 is 0. The SMILES string of the molecule is COc1ccc(C(=O)N2CCCC2CC(O)c2ccccc2)cc1F. The molecule has 2 unspecified atom stereocenters. The lowest BCUT2D eigenvalue weighted by Gasteiger charge is -2.27. The van der Waals surface area contributed by atoms with E-state index in [4.69, 9.17) is 4.74 Å². The molecule has 5 heteroatoms. The molecule has 1 aliphatic rings. The zero-order valence-electron chi connectivity index (χ0n) is 14.2. The van der Waals surface area contributed by atoms with E-state index in [0.717, 1.165) is 18.4 Å². The number of hydrogen-bond acceptors (Lipinski definition) is 3. The van der Waals surface area contributed by atoms with Crippen LogP contribution in [-0.4, -0.2) is 35.6 Å². The molecule has 0 radical (unpaired) electrons. The van der Waals surface area contributed by atoms with Gasteiger partial charge in [0.25, 0.3) is 5.91 Å². The van der Waals surface area contributed by atoms with Crippen molar-refractivity contribution in [2.45, 2.75) is 31.4 Å². The molecule has 0 aliphatic carbocycles. The largest absolute Gasteiger partial charge is 0.494 e. The average Bonchev–Trinajstić information content (AvgIpc) is 3.09. The predicted molar refractivity (Wildman–Crippen MR) is 93.0 cm³/mol. The van der Waals surface area contributed by atoms with Crippen molar-refractivity contribution < 1.29 is 19.0 Å². The maximum atomic E-state index is 13.9. The number of methoxy groups -OCH3 is 1.